The van der Waals surface area contributed by atoms with Gasteiger partial charge in [-0.1, -0.05) is 42.5 Å². The largest absolute Gasteiger partial charge is 0.454 e. The van der Waals surface area contributed by atoms with Crippen molar-refractivity contribution < 1.29 is 9.47 Å². The lowest BCUT2D eigenvalue weighted by molar-refractivity contribution is 0.144. The first kappa shape index (κ1) is 15.2. The lowest BCUT2D eigenvalue weighted by Crippen LogP contribution is -2.45. The Labute approximate surface area is 147 Å². The number of rotatable bonds is 3. The molecule has 3 heterocycles. The quantitative estimate of drug-likeness (QED) is 0.901. The van der Waals surface area contributed by atoms with Crippen molar-refractivity contribution in [2.45, 2.75) is 25.0 Å². The Morgan fingerprint density at radius 3 is 2.84 bits per heavy atom. The Bertz CT molecular complexity index is 752. The van der Waals surface area contributed by atoms with Gasteiger partial charge in [-0.25, -0.2) is 5.43 Å². The molecule has 5 nitrogen and oxygen atoms in total. The summed E-state index contributed by atoms with van der Waals surface area (Å²) in [6.07, 6.45) is 1.16. The molecule has 5 rings (SSSR count). The third-order valence-corrected chi connectivity index (χ3v) is 5.63. The molecule has 0 aromatic heterocycles. The van der Waals surface area contributed by atoms with E-state index in [1.165, 1.54) is 11.1 Å². The van der Waals surface area contributed by atoms with Crippen LogP contribution in [0.2, 0.25) is 0 Å². The van der Waals surface area contributed by atoms with Crippen LogP contribution in [0.4, 0.5) is 0 Å². The maximum absolute atomic E-state index is 5.67. The number of para-hydroxylation sites is 1. The number of hydrogen-bond donors (Lipinski definition) is 2. The van der Waals surface area contributed by atoms with Crippen molar-refractivity contribution in [1.29, 1.82) is 0 Å². The lowest BCUT2D eigenvalue weighted by Gasteiger charge is -2.36. The van der Waals surface area contributed by atoms with E-state index < -0.39 is 0 Å². The molecule has 0 radical (unpaired) electrons. The Kier molecular flexibility index (Phi) is 3.85. The summed E-state index contributed by atoms with van der Waals surface area (Å²) >= 11 is 0. The normalized spacial score (nSPS) is 28.1. The highest BCUT2D eigenvalue weighted by Crippen LogP contribution is 2.38. The first-order valence-electron chi connectivity index (χ1n) is 9.04. The van der Waals surface area contributed by atoms with Crippen molar-refractivity contribution in [3.05, 3.63) is 59.7 Å². The van der Waals surface area contributed by atoms with E-state index in [4.69, 9.17) is 9.47 Å². The fourth-order valence-corrected chi connectivity index (χ4v) is 4.36. The molecule has 0 spiro atoms. The Morgan fingerprint density at radius 2 is 1.92 bits per heavy atom. The van der Waals surface area contributed by atoms with E-state index in [1.807, 2.05) is 6.07 Å². The van der Waals surface area contributed by atoms with Crippen molar-refractivity contribution in [3.8, 4) is 11.5 Å². The highest BCUT2D eigenvalue weighted by atomic mass is 16.7. The molecule has 5 heteroatoms. The molecule has 3 aliphatic rings. The van der Waals surface area contributed by atoms with Gasteiger partial charge in [0.1, 0.15) is 0 Å². The van der Waals surface area contributed by atoms with Crippen LogP contribution in [0, 0.1) is 5.92 Å². The second-order valence-electron chi connectivity index (χ2n) is 7.12. The number of ether oxygens (including phenoxy) is 2. The van der Waals surface area contributed by atoms with Crippen LogP contribution < -0.4 is 20.3 Å². The molecule has 2 aromatic carbocycles. The van der Waals surface area contributed by atoms with Crippen molar-refractivity contribution in [3.63, 3.8) is 0 Å². The van der Waals surface area contributed by atoms with E-state index in [1.54, 1.807) is 0 Å². The molecule has 2 aromatic rings. The van der Waals surface area contributed by atoms with E-state index in [0.29, 0.717) is 24.8 Å². The maximum Gasteiger partial charge on any atom is 0.231 e. The molecule has 2 fully saturated rings. The van der Waals surface area contributed by atoms with Gasteiger partial charge in [0.25, 0.3) is 0 Å². The fourth-order valence-electron chi connectivity index (χ4n) is 4.36. The summed E-state index contributed by atoms with van der Waals surface area (Å²) in [7, 11) is 0. The molecule has 3 atom stereocenters. The third kappa shape index (κ3) is 2.78. The minimum Gasteiger partial charge on any atom is -0.454 e. The second-order valence-corrected chi connectivity index (χ2v) is 7.12. The van der Waals surface area contributed by atoms with Crippen LogP contribution in [0.1, 0.15) is 23.6 Å². The zero-order valence-electron chi connectivity index (χ0n) is 14.2. The molecule has 0 aliphatic carbocycles. The molecule has 2 saturated heterocycles. The summed E-state index contributed by atoms with van der Waals surface area (Å²) in [6, 6.07) is 17.9. The molecule has 2 N–H and O–H groups in total. The molecule has 3 unspecified atom stereocenters. The van der Waals surface area contributed by atoms with Crippen LogP contribution in [0.15, 0.2) is 48.5 Å². The standard InChI is InChI=1S/C20H23N3O2/c1-2-5-14(6-3-1)19-16-12-23(10-9-17(16)21-22-19)11-15-7-4-8-18-20(15)25-13-24-18/h1-8,16-17,19,21-22H,9-13H2. The van der Waals surface area contributed by atoms with Gasteiger partial charge in [-0.15, -0.1) is 0 Å². The maximum atomic E-state index is 5.67. The summed E-state index contributed by atoms with van der Waals surface area (Å²) < 4.78 is 11.2. The SMILES string of the molecule is c1ccc(C2NNC3CCN(Cc4cccc5c4OCO5)CC32)cc1. The average Bonchev–Trinajstić information content (AvgIpc) is 3.29. The van der Waals surface area contributed by atoms with Gasteiger partial charge >= 0.3 is 0 Å². The first-order chi connectivity index (χ1) is 12.4. The Morgan fingerprint density at radius 1 is 1.00 bits per heavy atom. The monoisotopic (exact) mass is 337 g/mol. The van der Waals surface area contributed by atoms with Crippen LogP contribution >= 0.6 is 0 Å². The van der Waals surface area contributed by atoms with Crippen molar-refractivity contribution in [2.75, 3.05) is 19.9 Å². The van der Waals surface area contributed by atoms with Gasteiger partial charge in [0.2, 0.25) is 6.79 Å². The number of nitrogens with zero attached hydrogens (tertiary/aromatic N) is 1. The van der Waals surface area contributed by atoms with Gasteiger partial charge in [0.05, 0.1) is 6.04 Å². The smallest absolute Gasteiger partial charge is 0.231 e. The minimum absolute atomic E-state index is 0.334. The van der Waals surface area contributed by atoms with Crippen LogP contribution in [-0.4, -0.2) is 30.8 Å². The molecular weight excluding hydrogens is 314 g/mol. The number of hydrazine groups is 1. The Hall–Kier alpha value is -2.08. The van der Waals surface area contributed by atoms with Crippen molar-refractivity contribution >= 4 is 0 Å². The number of likely N-dealkylation sites (tertiary alicyclic amines) is 1. The van der Waals surface area contributed by atoms with Gasteiger partial charge in [0, 0.05) is 37.2 Å². The molecule has 25 heavy (non-hydrogen) atoms. The van der Waals surface area contributed by atoms with Crippen LogP contribution in [0.25, 0.3) is 0 Å². The second kappa shape index (κ2) is 6.33. The van der Waals surface area contributed by atoms with E-state index in [-0.39, 0.29) is 0 Å². The number of hydrogen-bond acceptors (Lipinski definition) is 5. The van der Waals surface area contributed by atoms with E-state index in [2.05, 4.69) is 58.2 Å². The number of nitrogens with one attached hydrogen (secondary N) is 2. The summed E-state index contributed by atoms with van der Waals surface area (Å²) in [5.41, 5.74) is 9.62. The summed E-state index contributed by atoms with van der Waals surface area (Å²) in [5.74, 6) is 2.37. The van der Waals surface area contributed by atoms with E-state index >= 15 is 0 Å². The van der Waals surface area contributed by atoms with Crippen LogP contribution in [0.3, 0.4) is 0 Å². The van der Waals surface area contributed by atoms with Gasteiger partial charge < -0.3 is 9.47 Å². The molecular formula is C20H23N3O2. The summed E-state index contributed by atoms with van der Waals surface area (Å²) in [5, 5.41) is 0. The molecule has 130 valence electrons. The fraction of sp³-hybridized carbons (Fsp3) is 0.400. The van der Waals surface area contributed by atoms with Gasteiger partial charge in [-0.3, -0.25) is 10.3 Å². The van der Waals surface area contributed by atoms with E-state index in [9.17, 15) is 0 Å². The average molecular weight is 337 g/mol. The topological polar surface area (TPSA) is 45.8 Å². The highest BCUT2D eigenvalue weighted by Gasteiger charge is 2.40. The summed E-state index contributed by atoms with van der Waals surface area (Å²) in [4.78, 5) is 2.54. The molecule has 0 saturated carbocycles. The van der Waals surface area contributed by atoms with Gasteiger partial charge in [0.15, 0.2) is 11.5 Å². The lowest BCUT2D eigenvalue weighted by atomic mass is 9.85. The van der Waals surface area contributed by atoms with Gasteiger partial charge in [-0.2, -0.15) is 0 Å². The predicted octanol–water partition coefficient (Wildman–Crippen LogP) is 2.45. The first-order valence-corrected chi connectivity index (χ1v) is 9.04. The van der Waals surface area contributed by atoms with Crippen molar-refractivity contribution in [1.82, 2.24) is 15.8 Å². The molecule has 0 bridgehead atoms. The third-order valence-electron chi connectivity index (χ3n) is 5.63. The predicted molar refractivity (Wildman–Crippen MR) is 95.2 cm³/mol. The van der Waals surface area contributed by atoms with Crippen LogP contribution in [0.5, 0.6) is 11.5 Å². The highest BCUT2D eigenvalue weighted by molar-refractivity contribution is 5.48. The van der Waals surface area contributed by atoms with Crippen molar-refractivity contribution in [2.24, 2.45) is 5.92 Å². The minimum atomic E-state index is 0.334. The Balaban J connectivity index is 1.33. The zero-order chi connectivity index (χ0) is 16.6. The number of piperidine rings is 1. The molecule has 0 amide bonds. The van der Waals surface area contributed by atoms with Crippen LogP contribution in [-0.2, 0) is 6.54 Å². The zero-order valence-corrected chi connectivity index (χ0v) is 14.2. The number of benzene rings is 2. The molecule has 3 aliphatic heterocycles. The van der Waals surface area contributed by atoms with Gasteiger partial charge in [-0.05, 0) is 18.1 Å². The number of fused-ring (bicyclic) bond motifs is 2. The summed E-state index contributed by atoms with van der Waals surface area (Å²) in [6.45, 7) is 3.43. The van der Waals surface area contributed by atoms with E-state index in [0.717, 1.165) is 37.6 Å².